The van der Waals surface area contributed by atoms with Crippen LogP contribution in [-0.4, -0.2) is 0 Å². The maximum Gasteiger partial charge on any atom is 0.0564 e. The molecule has 0 aromatic heterocycles. The molecular formula is C14H8Br2. The van der Waals surface area contributed by atoms with E-state index in [-0.39, 0.29) is 0 Å². The van der Waals surface area contributed by atoms with E-state index in [4.69, 9.17) is 0 Å². The van der Waals surface area contributed by atoms with Gasteiger partial charge in [0.15, 0.2) is 0 Å². The van der Waals surface area contributed by atoms with Crippen LogP contribution in [0, 0.1) is 0 Å². The van der Waals surface area contributed by atoms with Gasteiger partial charge in [-0.15, -0.1) is 0 Å². The Hall–Kier alpha value is -0.600. The smallest absolute Gasteiger partial charge is 0.0564 e. The zero-order valence-corrected chi connectivity index (χ0v) is 11.5. The highest BCUT2D eigenvalue weighted by Gasteiger charge is 2.37. The van der Waals surface area contributed by atoms with Crippen LogP contribution in [0.25, 0.3) is 22.3 Å². The van der Waals surface area contributed by atoms with Crippen LogP contribution in [0.2, 0.25) is 0 Å². The normalized spacial score (nSPS) is 23.6. The van der Waals surface area contributed by atoms with E-state index in [1.54, 1.807) is 0 Å². The predicted molar refractivity (Wildman–Crippen MR) is 74.2 cm³/mol. The molecule has 0 aliphatic heterocycles. The molecule has 0 unspecified atom stereocenters. The topological polar surface area (TPSA) is 0 Å². The summed E-state index contributed by atoms with van der Waals surface area (Å²) in [6.45, 7) is 0. The van der Waals surface area contributed by atoms with Crippen molar-refractivity contribution >= 4 is 31.9 Å². The first-order valence-corrected chi connectivity index (χ1v) is 7.16. The highest BCUT2D eigenvalue weighted by Crippen LogP contribution is 2.59. The highest BCUT2D eigenvalue weighted by atomic mass is 79.9. The van der Waals surface area contributed by atoms with Gasteiger partial charge in [-0.3, -0.25) is 0 Å². The molecule has 4 rings (SSSR count). The average molecular weight is 336 g/mol. The van der Waals surface area contributed by atoms with Gasteiger partial charge in [0.25, 0.3) is 0 Å². The molecule has 0 fully saturated rings. The van der Waals surface area contributed by atoms with Gasteiger partial charge in [-0.1, -0.05) is 56.1 Å². The molecule has 16 heavy (non-hydrogen) atoms. The Balaban J connectivity index is 1.96. The van der Waals surface area contributed by atoms with Crippen LogP contribution in [0.15, 0.2) is 36.4 Å². The summed E-state index contributed by atoms with van der Waals surface area (Å²) in [6.07, 6.45) is 0. The standard InChI is InChI=1S/C14H8Br2/c15-13-11-5-9-7-3-1-2-4-8(7)10(9)6-12(11)14(13)16/h1-6,13-14H/t13-,14-/m0/s1. The van der Waals surface area contributed by atoms with Gasteiger partial charge in [0.05, 0.1) is 9.65 Å². The minimum Gasteiger partial charge on any atom is -0.0823 e. The van der Waals surface area contributed by atoms with Crippen molar-refractivity contribution in [3.05, 3.63) is 47.5 Å². The molecule has 2 aromatic carbocycles. The molecule has 2 heteroatoms. The van der Waals surface area contributed by atoms with Crippen LogP contribution in [-0.2, 0) is 0 Å². The number of alkyl halides is 2. The summed E-state index contributed by atoms with van der Waals surface area (Å²) in [5.41, 5.74) is 8.51. The molecule has 78 valence electrons. The molecule has 0 heterocycles. The fourth-order valence-electron chi connectivity index (χ4n) is 2.67. The van der Waals surface area contributed by atoms with Crippen molar-refractivity contribution < 1.29 is 0 Å². The van der Waals surface area contributed by atoms with Crippen molar-refractivity contribution in [1.82, 2.24) is 0 Å². The maximum absolute atomic E-state index is 3.70. The minimum atomic E-state index is 0.473. The van der Waals surface area contributed by atoms with Crippen molar-refractivity contribution in [3.63, 3.8) is 0 Å². The van der Waals surface area contributed by atoms with E-state index < -0.39 is 0 Å². The van der Waals surface area contributed by atoms with Crippen molar-refractivity contribution in [3.8, 4) is 22.3 Å². The van der Waals surface area contributed by atoms with E-state index >= 15 is 0 Å². The number of hydrogen-bond donors (Lipinski definition) is 0. The zero-order valence-electron chi connectivity index (χ0n) is 8.37. The molecule has 0 saturated heterocycles. The molecule has 0 nitrogen and oxygen atoms in total. The van der Waals surface area contributed by atoms with Gasteiger partial charge >= 0.3 is 0 Å². The third-order valence-electron chi connectivity index (χ3n) is 3.58. The quantitative estimate of drug-likeness (QED) is 0.494. The van der Waals surface area contributed by atoms with Gasteiger partial charge < -0.3 is 0 Å². The van der Waals surface area contributed by atoms with E-state index in [1.807, 2.05) is 0 Å². The first-order chi connectivity index (χ1) is 7.77. The molecule has 2 aliphatic carbocycles. The molecule has 0 radical (unpaired) electrons. The molecule has 2 aliphatic rings. The molecule has 0 N–H and O–H groups in total. The monoisotopic (exact) mass is 334 g/mol. The summed E-state index contributed by atoms with van der Waals surface area (Å²) in [5, 5.41) is 0. The van der Waals surface area contributed by atoms with E-state index in [0.717, 1.165) is 0 Å². The Morgan fingerprint density at radius 1 is 0.688 bits per heavy atom. The SMILES string of the molecule is Br[C@H]1c2cc3c(cc2[C@@H]1Br)-c1ccccc1-3. The number of benzene rings is 2. The Morgan fingerprint density at radius 2 is 1.12 bits per heavy atom. The molecule has 2 aromatic rings. The van der Waals surface area contributed by atoms with Crippen molar-refractivity contribution in [2.45, 2.75) is 9.65 Å². The molecular weight excluding hydrogens is 328 g/mol. The number of halogens is 2. The van der Waals surface area contributed by atoms with Gasteiger partial charge in [-0.05, 0) is 45.5 Å². The van der Waals surface area contributed by atoms with Gasteiger partial charge in [0, 0.05) is 0 Å². The van der Waals surface area contributed by atoms with Crippen molar-refractivity contribution in [1.29, 1.82) is 0 Å². The third kappa shape index (κ3) is 0.957. The Bertz CT molecular complexity index is 562. The lowest BCUT2D eigenvalue weighted by Crippen LogP contribution is -2.16. The van der Waals surface area contributed by atoms with E-state index in [9.17, 15) is 0 Å². The largest absolute Gasteiger partial charge is 0.0823 e. The number of fused-ring (bicyclic) bond motifs is 5. The molecule has 0 amide bonds. The number of hydrogen-bond acceptors (Lipinski definition) is 0. The summed E-state index contributed by atoms with van der Waals surface area (Å²) in [6, 6.07) is 13.3. The second kappa shape index (κ2) is 2.99. The van der Waals surface area contributed by atoms with Crippen LogP contribution < -0.4 is 0 Å². The molecule has 0 bridgehead atoms. The fraction of sp³-hybridized carbons (Fsp3) is 0.143. The summed E-state index contributed by atoms with van der Waals surface area (Å²) in [5.74, 6) is 0. The van der Waals surface area contributed by atoms with Gasteiger partial charge in [0.2, 0.25) is 0 Å². The van der Waals surface area contributed by atoms with Crippen molar-refractivity contribution in [2.24, 2.45) is 0 Å². The van der Waals surface area contributed by atoms with Crippen LogP contribution in [0.4, 0.5) is 0 Å². The summed E-state index contributed by atoms with van der Waals surface area (Å²) in [4.78, 5) is 0.945. The Kier molecular flexibility index (Phi) is 1.76. The predicted octanol–water partition coefficient (Wildman–Crippen LogP) is 5.22. The highest BCUT2D eigenvalue weighted by molar-refractivity contribution is 9.12. The summed E-state index contributed by atoms with van der Waals surface area (Å²) in [7, 11) is 0. The van der Waals surface area contributed by atoms with Crippen LogP contribution in [0.5, 0.6) is 0 Å². The van der Waals surface area contributed by atoms with Crippen LogP contribution in [0.3, 0.4) is 0 Å². The second-order valence-corrected chi connectivity index (χ2v) is 6.35. The lowest BCUT2D eigenvalue weighted by molar-refractivity contribution is 0.820. The third-order valence-corrected chi connectivity index (χ3v) is 6.34. The number of rotatable bonds is 0. The fourth-order valence-corrected chi connectivity index (χ4v) is 4.03. The maximum atomic E-state index is 3.70. The second-order valence-electron chi connectivity index (χ2n) is 4.38. The lowest BCUT2D eigenvalue weighted by Gasteiger charge is -2.36. The Morgan fingerprint density at radius 3 is 1.56 bits per heavy atom. The molecule has 2 atom stereocenters. The molecule has 0 saturated carbocycles. The Labute approximate surface area is 111 Å². The van der Waals surface area contributed by atoms with E-state index in [2.05, 4.69) is 68.3 Å². The van der Waals surface area contributed by atoms with Crippen LogP contribution >= 0.6 is 31.9 Å². The first kappa shape index (κ1) is 9.43. The van der Waals surface area contributed by atoms with E-state index in [1.165, 1.54) is 33.4 Å². The van der Waals surface area contributed by atoms with Crippen molar-refractivity contribution in [2.75, 3.05) is 0 Å². The summed E-state index contributed by atoms with van der Waals surface area (Å²) < 4.78 is 0. The summed E-state index contributed by atoms with van der Waals surface area (Å²) >= 11 is 7.40. The van der Waals surface area contributed by atoms with Crippen LogP contribution in [0.1, 0.15) is 20.8 Å². The zero-order chi connectivity index (χ0) is 10.9. The minimum absolute atomic E-state index is 0.473. The van der Waals surface area contributed by atoms with E-state index in [0.29, 0.717) is 9.65 Å². The average Bonchev–Trinajstić information content (AvgIpc) is 2.33. The van der Waals surface area contributed by atoms with Gasteiger partial charge in [-0.25, -0.2) is 0 Å². The van der Waals surface area contributed by atoms with Gasteiger partial charge in [-0.2, -0.15) is 0 Å². The molecule has 0 spiro atoms. The first-order valence-electron chi connectivity index (χ1n) is 5.33. The van der Waals surface area contributed by atoms with Gasteiger partial charge in [0.1, 0.15) is 0 Å². The lowest BCUT2D eigenvalue weighted by atomic mass is 9.74.